The van der Waals surface area contributed by atoms with Crippen molar-refractivity contribution in [3.8, 4) is 0 Å². The van der Waals surface area contributed by atoms with Gasteiger partial charge in [-0.1, -0.05) is 48.0 Å². The number of fused-ring (bicyclic) bond motifs is 2. The summed E-state index contributed by atoms with van der Waals surface area (Å²) < 4.78 is 5.22. The summed E-state index contributed by atoms with van der Waals surface area (Å²) in [5, 5.41) is 3.37. The number of hydrogen-bond donors (Lipinski definition) is 1. The van der Waals surface area contributed by atoms with Gasteiger partial charge in [-0.05, 0) is 48.1 Å². The molecule has 2 aromatic rings. The van der Waals surface area contributed by atoms with Gasteiger partial charge in [0.05, 0.1) is 0 Å². The summed E-state index contributed by atoms with van der Waals surface area (Å²) >= 11 is 5.91. The molecule has 0 radical (unpaired) electrons. The number of hydrogen-bond acceptors (Lipinski definition) is 4. The minimum absolute atomic E-state index is 0.0248. The van der Waals surface area contributed by atoms with Gasteiger partial charge in [-0.3, -0.25) is 14.5 Å². The first kappa shape index (κ1) is 18.5. The number of nitrogens with zero attached hydrogens (tertiary/aromatic N) is 1. The summed E-state index contributed by atoms with van der Waals surface area (Å²) in [6.45, 7) is -0.397. The molecule has 1 aliphatic heterocycles. The first-order chi connectivity index (χ1) is 13.5. The number of imide groups is 1. The van der Waals surface area contributed by atoms with E-state index in [4.69, 9.17) is 16.3 Å². The van der Waals surface area contributed by atoms with E-state index in [0.29, 0.717) is 11.4 Å². The lowest BCUT2D eigenvalue weighted by molar-refractivity contribution is -0.149. The van der Waals surface area contributed by atoms with Crippen LogP contribution in [0.25, 0.3) is 0 Å². The van der Waals surface area contributed by atoms with Crippen LogP contribution in [-0.4, -0.2) is 29.4 Å². The minimum Gasteiger partial charge on any atom is -0.459 e. The lowest BCUT2D eigenvalue weighted by Crippen LogP contribution is -2.46. The highest BCUT2D eigenvalue weighted by molar-refractivity contribution is 6.30. The van der Waals surface area contributed by atoms with Crippen molar-refractivity contribution in [2.24, 2.45) is 0 Å². The summed E-state index contributed by atoms with van der Waals surface area (Å²) in [7, 11) is 0. The maximum absolute atomic E-state index is 13.1. The number of rotatable bonds is 4. The summed E-state index contributed by atoms with van der Waals surface area (Å²) in [4.78, 5) is 38.8. The Labute approximate surface area is 167 Å². The minimum atomic E-state index is -1.08. The van der Waals surface area contributed by atoms with Crippen LogP contribution in [-0.2, 0) is 32.9 Å². The van der Waals surface area contributed by atoms with Gasteiger partial charge < -0.3 is 10.1 Å². The molecular weight excluding hydrogens is 380 g/mol. The first-order valence-corrected chi connectivity index (χ1v) is 9.50. The molecule has 0 aromatic heterocycles. The van der Waals surface area contributed by atoms with Crippen LogP contribution in [0.15, 0.2) is 48.5 Å². The standard InChI is InChI=1S/C21H19ClN2O4/c22-16-8-3-5-14(11-16)13-28-18(25)12-24-19(26)21(23-20(24)27)10-4-7-15-6-1-2-9-17(15)21/h1-3,5-6,8-9,11H,4,7,10,12-13H2,(H,23,27). The van der Waals surface area contributed by atoms with Gasteiger partial charge in [0.1, 0.15) is 18.7 Å². The fourth-order valence-corrected chi connectivity index (χ4v) is 4.13. The maximum atomic E-state index is 13.1. The quantitative estimate of drug-likeness (QED) is 0.634. The second-order valence-electron chi connectivity index (χ2n) is 7.03. The van der Waals surface area contributed by atoms with Crippen molar-refractivity contribution in [3.63, 3.8) is 0 Å². The zero-order valence-electron chi connectivity index (χ0n) is 15.1. The number of benzene rings is 2. The van der Waals surface area contributed by atoms with Crippen LogP contribution in [0.1, 0.15) is 29.5 Å². The van der Waals surface area contributed by atoms with Crippen LogP contribution in [0.4, 0.5) is 4.79 Å². The second-order valence-corrected chi connectivity index (χ2v) is 7.46. The molecule has 1 spiro atoms. The lowest BCUT2D eigenvalue weighted by Gasteiger charge is -2.33. The maximum Gasteiger partial charge on any atom is 0.326 e. The molecule has 1 heterocycles. The molecule has 3 amide bonds. The molecule has 28 heavy (non-hydrogen) atoms. The van der Waals surface area contributed by atoms with Gasteiger partial charge in [0.25, 0.3) is 5.91 Å². The first-order valence-electron chi connectivity index (χ1n) is 9.12. The van der Waals surface area contributed by atoms with Crippen molar-refractivity contribution in [1.29, 1.82) is 0 Å². The number of amides is 3. The number of carbonyl (C=O) groups excluding carboxylic acids is 3. The average Bonchev–Trinajstić information content (AvgIpc) is 2.92. The predicted molar refractivity (Wildman–Crippen MR) is 103 cm³/mol. The SMILES string of the molecule is O=C(CN1C(=O)NC2(CCCc3ccccc32)C1=O)OCc1cccc(Cl)c1. The Hall–Kier alpha value is -2.86. The molecule has 7 heteroatoms. The molecule has 6 nitrogen and oxygen atoms in total. The Balaban J connectivity index is 1.47. The van der Waals surface area contributed by atoms with E-state index in [2.05, 4.69) is 5.32 Å². The van der Waals surface area contributed by atoms with Crippen LogP contribution in [0.3, 0.4) is 0 Å². The van der Waals surface area contributed by atoms with Gasteiger partial charge in [-0.15, -0.1) is 0 Å². The molecule has 2 aromatic carbocycles. The third kappa shape index (κ3) is 3.24. The van der Waals surface area contributed by atoms with E-state index in [-0.39, 0.29) is 6.61 Å². The monoisotopic (exact) mass is 398 g/mol. The highest BCUT2D eigenvalue weighted by atomic mass is 35.5. The van der Waals surface area contributed by atoms with E-state index in [1.165, 1.54) is 0 Å². The molecule has 0 saturated carbocycles. The topological polar surface area (TPSA) is 75.7 Å². The zero-order chi connectivity index (χ0) is 19.7. The van der Waals surface area contributed by atoms with E-state index in [1.54, 1.807) is 24.3 Å². The Morgan fingerprint density at radius 3 is 2.82 bits per heavy atom. The summed E-state index contributed by atoms with van der Waals surface area (Å²) in [6.07, 6.45) is 2.17. The number of nitrogens with one attached hydrogen (secondary N) is 1. The number of aryl methyl sites for hydroxylation is 1. The third-order valence-electron chi connectivity index (χ3n) is 5.23. The number of urea groups is 1. The van der Waals surface area contributed by atoms with Crippen molar-refractivity contribution >= 4 is 29.5 Å². The average molecular weight is 399 g/mol. The van der Waals surface area contributed by atoms with E-state index in [0.717, 1.165) is 34.4 Å². The highest BCUT2D eigenvalue weighted by Crippen LogP contribution is 2.39. The smallest absolute Gasteiger partial charge is 0.326 e. The molecule has 1 aliphatic carbocycles. The molecule has 1 saturated heterocycles. The second kappa shape index (κ2) is 7.28. The largest absolute Gasteiger partial charge is 0.459 e. The van der Waals surface area contributed by atoms with Crippen molar-refractivity contribution < 1.29 is 19.1 Å². The van der Waals surface area contributed by atoms with Crippen molar-refractivity contribution in [2.75, 3.05) is 6.54 Å². The fourth-order valence-electron chi connectivity index (χ4n) is 3.92. The van der Waals surface area contributed by atoms with Crippen molar-refractivity contribution in [3.05, 3.63) is 70.2 Å². The van der Waals surface area contributed by atoms with Gasteiger partial charge in [0.15, 0.2) is 0 Å². The molecule has 1 fully saturated rings. The predicted octanol–water partition coefficient (Wildman–Crippen LogP) is 3.17. The van der Waals surface area contributed by atoms with E-state index in [1.807, 2.05) is 24.3 Å². The molecule has 1 atom stereocenters. The Bertz CT molecular complexity index is 961. The van der Waals surface area contributed by atoms with E-state index in [9.17, 15) is 14.4 Å². The Morgan fingerprint density at radius 2 is 2.00 bits per heavy atom. The van der Waals surface area contributed by atoms with Crippen LogP contribution in [0, 0.1) is 0 Å². The normalized spacial score (nSPS) is 20.8. The summed E-state index contributed by atoms with van der Waals surface area (Å²) in [5.41, 5.74) is 1.51. The molecule has 2 aliphatic rings. The number of carbonyl (C=O) groups is 3. The lowest BCUT2D eigenvalue weighted by atomic mass is 9.76. The van der Waals surface area contributed by atoms with Crippen molar-refractivity contribution in [1.82, 2.24) is 10.2 Å². The van der Waals surface area contributed by atoms with Gasteiger partial charge in [0, 0.05) is 5.02 Å². The molecule has 0 bridgehead atoms. The number of halogens is 1. The fraction of sp³-hybridized carbons (Fsp3) is 0.286. The molecule has 1 N–H and O–H groups in total. The number of esters is 1. The molecule has 1 unspecified atom stereocenters. The molecule has 4 rings (SSSR count). The third-order valence-corrected chi connectivity index (χ3v) is 5.46. The summed E-state index contributed by atoms with van der Waals surface area (Å²) in [5.74, 6) is -1.05. The van der Waals surface area contributed by atoms with E-state index >= 15 is 0 Å². The highest BCUT2D eigenvalue weighted by Gasteiger charge is 2.54. The van der Waals surface area contributed by atoms with Crippen LogP contribution >= 0.6 is 11.6 Å². The van der Waals surface area contributed by atoms with Crippen LogP contribution < -0.4 is 5.32 Å². The van der Waals surface area contributed by atoms with Crippen molar-refractivity contribution in [2.45, 2.75) is 31.4 Å². The summed E-state index contributed by atoms with van der Waals surface area (Å²) in [6, 6.07) is 14.0. The van der Waals surface area contributed by atoms with Gasteiger partial charge in [-0.25, -0.2) is 4.79 Å². The zero-order valence-corrected chi connectivity index (χ0v) is 15.9. The van der Waals surface area contributed by atoms with Gasteiger partial charge >= 0.3 is 12.0 Å². The Kier molecular flexibility index (Phi) is 4.81. The molecular formula is C21H19ClN2O4. The van der Waals surface area contributed by atoms with Gasteiger partial charge in [0.2, 0.25) is 0 Å². The Morgan fingerprint density at radius 1 is 1.18 bits per heavy atom. The number of ether oxygens (including phenoxy) is 1. The van der Waals surface area contributed by atoms with E-state index < -0.39 is 30.0 Å². The van der Waals surface area contributed by atoms with Crippen LogP contribution in [0.5, 0.6) is 0 Å². The molecule has 144 valence electrons. The van der Waals surface area contributed by atoms with Crippen LogP contribution in [0.2, 0.25) is 5.02 Å². The van der Waals surface area contributed by atoms with Gasteiger partial charge in [-0.2, -0.15) is 0 Å².